The fraction of sp³-hybridized carbons (Fsp3) is 0.429. The van der Waals surface area contributed by atoms with E-state index in [0.29, 0.717) is 12.0 Å². The van der Waals surface area contributed by atoms with Crippen LogP contribution in [0.1, 0.15) is 41.8 Å². The van der Waals surface area contributed by atoms with Gasteiger partial charge in [0.2, 0.25) is 0 Å². The smallest absolute Gasteiger partial charge is 0.429 e. The van der Waals surface area contributed by atoms with Gasteiger partial charge < -0.3 is 4.74 Å². The summed E-state index contributed by atoms with van der Waals surface area (Å²) in [6.45, 7) is 7.22. The van der Waals surface area contributed by atoms with Crippen LogP contribution in [0.25, 0.3) is 0 Å². The van der Waals surface area contributed by atoms with E-state index in [1.54, 1.807) is 26.0 Å². The fourth-order valence-electron chi connectivity index (χ4n) is 1.43. The Hall–Kier alpha value is -2.08. The quantitative estimate of drug-likeness (QED) is 0.469. The Morgan fingerprint density at radius 3 is 2.50 bits per heavy atom. The van der Waals surface area contributed by atoms with Gasteiger partial charge in [0.25, 0.3) is 0 Å². The van der Waals surface area contributed by atoms with Crippen molar-refractivity contribution in [3.05, 3.63) is 34.9 Å². The number of rotatable bonds is 5. The molecule has 0 spiro atoms. The van der Waals surface area contributed by atoms with Crippen molar-refractivity contribution in [3.8, 4) is 0 Å². The summed E-state index contributed by atoms with van der Waals surface area (Å²) in [5.74, 6) is -0.751. The van der Waals surface area contributed by atoms with Gasteiger partial charge in [-0.1, -0.05) is 24.6 Å². The van der Waals surface area contributed by atoms with Gasteiger partial charge in [0.1, 0.15) is 6.10 Å². The lowest BCUT2D eigenvalue weighted by Gasteiger charge is -2.09. The molecule has 0 saturated carbocycles. The first kappa shape index (κ1) is 16.0. The number of benzene rings is 1. The molecule has 0 fully saturated rings. The molecule has 0 aliphatic rings. The summed E-state index contributed by atoms with van der Waals surface area (Å²) in [5, 5.41) is 4.12. The van der Waals surface area contributed by atoms with Gasteiger partial charge >= 0.3 is 12.1 Å². The standard InChI is InChI=1S/C14H18O6/c1-5-11(4)17-14(16)19-20-18-13(15)12-7-6-9(2)8-10(12)3/h6-8,11H,5H2,1-4H3. The second-order valence-electron chi connectivity index (χ2n) is 4.43. The predicted molar refractivity (Wildman–Crippen MR) is 69.7 cm³/mol. The van der Waals surface area contributed by atoms with E-state index in [0.717, 1.165) is 11.1 Å². The van der Waals surface area contributed by atoms with Crippen molar-refractivity contribution < 1.29 is 29.1 Å². The van der Waals surface area contributed by atoms with Crippen molar-refractivity contribution in [2.75, 3.05) is 0 Å². The molecule has 0 radical (unpaired) electrons. The van der Waals surface area contributed by atoms with E-state index in [4.69, 9.17) is 4.74 Å². The Morgan fingerprint density at radius 1 is 1.20 bits per heavy atom. The van der Waals surface area contributed by atoms with Crippen LogP contribution in [-0.4, -0.2) is 18.2 Å². The van der Waals surface area contributed by atoms with Crippen molar-refractivity contribution in [1.29, 1.82) is 0 Å². The molecule has 1 aromatic carbocycles. The molecule has 0 amide bonds. The van der Waals surface area contributed by atoms with Crippen molar-refractivity contribution in [3.63, 3.8) is 0 Å². The van der Waals surface area contributed by atoms with Crippen molar-refractivity contribution >= 4 is 12.1 Å². The zero-order chi connectivity index (χ0) is 15.1. The van der Waals surface area contributed by atoms with Crippen LogP contribution < -0.4 is 0 Å². The van der Waals surface area contributed by atoms with Gasteiger partial charge in [-0.3, -0.25) is 4.89 Å². The molecule has 20 heavy (non-hydrogen) atoms. The lowest BCUT2D eigenvalue weighted by atomic mass is 10.1. The summed E-state index contributed by atoms with van der Waals surface area (Å²) >= 11 is 0. The molecule has 1 rings (SSSR count). The highest BCUT2D eigenvalue weighted by atomic mass is 17.5. The highest BCUT2D eigenvalue weighted by molar-refractivity contribution is 5.90. The molecular formula is C14H18O6. The largest absolute Gasteiger partial charge is 0.543 e. The van der Waals surface area contributed by atoms with Gasteiger partial charge in [0, 0.05) is 0 Å². The highest BCUT2D eigenvalue weighted by Gasteiger charge is 2.15. The molecular weight excluding hydrogens is 264 g/mol. The summed E-state index contributed by atoms with van der Waals surface area (Å²) in [6.07, 6.45) is -0.730. The number of hydrogen-bond acceptors (Lipinski definition) is 6. The number of carbonyl (C=O) groups is 2. The summed E-state index contributed by atoms with van der Waals surface area (Å²) in [7, 11) is 0. The van der Waals surface area contributed by atoms with Crippen LogP contribution in [0.4, 0.5) is 4.79 Å². The van der Waals surface area contributed by atoms with Crippen LogP contribution in [0.15, 0.2) is 18.2 Å². The maximum atomic E-state index is 11.7. The minimum atomic E-state index is -1.06. The fourth-order valence-corrected chi connectivity index (χ4v) is 1.43. The Labute approximate surface area is 117 Å². The van der Waals surface area contributed by atoms with Crippen LogP contribution in [0, 0.1) is 13.8 Å². The minimum absolute atomic E-state index is 0.304. The summed E-state index contributed by atoms with van der Waals surface area (Å²) in [5.41, 5.74) is 2.09. The predicted octanol–water partition coefficient (Wildman–Crippen LogP) is 3.26. The molecule has 0 heterocycles. The molecule has 6 nitrogen and oxygen atoms in total. The maximum Gasteiger partial charge on any atom is 0.543 e. The topological polar surface area (TPSA) is 71.1 Å². The Kier molecular flexibility index (Phi) is 5.99. The van der Waals surface area contributed by atoms with Gasteiger partial charge in [-0.05, 0) is 38.8 Å². The van der Waals surface area contributed by atoms with E-state index in [1.807, 2.05) is 19.9 Å². The number of aryl methyl sites for hydroxylation is 2. The molecule has 110 valence electrons. The van der Waals surface area contributed by atoms with Crippen molar-refractivity contribution in [2.24, 2.45) is 0 Å². The highest BCUT2D eigenvalue weighted by Crippen LogP contribution is 2.12. The van der Waals surface area contributed by atoms with E-state index in [1.165, 1.54) is 0 Å². The van der Waals surface area contributed by atoms with E-state index >= 15 is 0 Å². The second kappa shape index (κ2) is 7.49. The molecule has 0 N–H and O–H groups in total. The van der Waals surface area contributed by atoms with Crippen molar-refractivity contribution in [2.45, 2.75) is 40.2 Å². The molecule has 1 atom stereocenters. The molecule has 0 aliphatic carbocycles. The minimum Gasteiger partial charge on any atom is -0.429 e. The van der Waals surface area contributed by atoms with Crippen molar-refractivity contribution in [1.82, 2.24) is 0 Å². The molecule has 1 unspecified atom stereocenters. The summed E-state index contributed by atoms with van der Waals surface area (Å²) < 4.78 is 4.75. The zero-order valence-corrected chi connectivity index (χ0v) is 12.0. The summed E-state index contributed by atoms with van der Waals surface area (Å²) in [4.78, 5) is 31.3. The van der Waals surface area contributed by atoms with Gasteiger partial charge in [-0.15, -0.1) is 0 Å². The first-order valence-electron chi connectivity index (χ1n) is 6.27. The molecule has 1 aromatic rings. The lowest BCUT2D eigenvalue weighted by Crippen LogP contribution is -2.17. The first-order chi connectivity index (χ1) is 9.43. The lowest BCUT2D eigenvalue weighted by molar-refractivity contribution is -0.452. The Balaban J connectivity index is 2.42. The van der Waals surface area contributed by atoms with Crippen LogP contribution in [0.3, 0.4) is 0 Å². The van der Waals surface area contributed by atoms with E-state index in [-0.39, 0.29) is 6.10 Å². The third-order valence-electron chi connectivity index (χ3n) is 2.69. The third kappa shape index (κ3) is 4.89. The number of ether oxygens (including phenoxy) is 1. The monoisotopic (exact) mass is 282 g/mol. The Bertz CT molecular complexity index is 483. The molecule has 0 aromatic heterocycles. The molecule has 6 heteroatoms. The number of hydrogen-bond donors (Lipinski definition) is 0. The van der Waals surface area contributed by atoms with Gasteiger partial charge in [-0.25, -0.2) is 14.5 Å². The van der Waals surface area contributed by atoms with E-state index < -0.39 is 12.1 Å². The van der Waals surface area contributed by atoms with Crippen LogP contribution in [0.5, 0.6) is 0 Å². The average molecular weight is 282 g/mol. The second-order valence-corrected chi connectivity index (χ2v) is 4.43. The van der Waals surface area contributed by atoms with Gasteiger partial charge in [-0.2, -0.15) is 0 Å². The van der Waals surface area contributed by atoms with Crippen LogP contribution in [-0.2, 0) is 19.6 Å². The average Bonchev–Trinajstić information content (AvgIpc) is 2.38. The van der Waals surface area contributed by atoms with E-state index in [9.17, 15) is 9.59 Å². The van der Waals surface area contributed by atoms with Gasteiger partial charge in [0.15, 0.2) is 0 Å². The molecule has 0 saturated heterocycles. The van der Waals surface area contributed by atoms with Crippen LogP contribution in [0.2, 0.25) is 0 Å². The molecule has 0 aliphatic heterocycles. The normalized spacial score (nSPS) is 11.6. The summed E-state index contributed by atoms with van der Waals surface area (Å²) in [6, 6.07) is 5.20. The van der Waals surface area contributed by atoms with Gasteiger partial charge in [0.05, 0.1) is 10.6 Å². The van der Waals surface area contributed by atoms with Crippen LogP contribution >= 0.6 is 0 Å². The molecule has 0 bridgehead atoms. The zero-order valence-electron chi connectivity index (χ0n) is 12.0. The SMILES string of the molecule is CCC(C)OC(=O)OOOC(=O)c1ccc(C)cc1C. The van der Waals surface area contributed by atoms with E-state index in [2.05, 4.69) is 14.8 Å². The maximum absolute atomic E-state index is 11.7. The third-order valence-corrected chi connectivity index (χ3v) is 2.69. The number of carbonyl (C=O) groups excluding carboxylic acids is 2. The Morgan fingerprint density at radius 2 is 1.90 bits per heavy atom. The first-order valence-corrected chi connectivity index (χ1v) is 6.27.